The minimum atomic E-state index is -1.10. The highest BCUT2D eigenvalue weighted by atomic mass is 16.4. The van der Waals surface area contributed by atoms with Crippen molar-refractivity contribution in [2.45, 2.75) is 18.9 Å². The van der Waals surface area contributed by atoms with E-state index in [4.69, 9.17) is 5.11 Å². The normalized spacial score (nSPS) is 19.6. The summed E-state index contributed by atoms with van der Waals surface area (Å²) in [6.45, 7) is 4.66. The molecule has 2 rings (SSSR count). The highest BCUT2D eigenvalue weighted by Gasteiger charge is 2.25. The van der Waals surface area contributed by atoms with Crippen molar-refractivity contribution in [3.8, 4) is 0 Å². The van der Waals surface area contributed by atoms with Crippen LogP contribution in [-0.4, -0.2) is 50.0 Å². The predicted molar refractivity (Wildman–Crippen MR) is 62.0 cm³/mol. The summed E-state index contributed by atoms with van der Waals surface area (Å²) < 4.78 is 1.52. The molecule has 0 aromatic carbocycles. The van der Waals surface area contributed by atoms with Gasteiger partial charge in [-0.3, -0.25) is 4.79 Å². The average molecular weight is 250 g/mol. The topological polar surface area (TPSA) is 88.3 Å². The van der Waals surface area contributed by atoms with Crippen LogP contribution in [0.4, 0.5) is 0 Å². The van der Waals surface area contributed by atoms with E-state index in [1.165, 1.54) is 17.0 Å². The van der Waals surface area contributed by atoms with E-state index < -0.39 is 5.97 Å². The molecule has 1 atom stereocenters. The molecule has 1 fully saturated rings. The summed E-state index contributed by atoms with van der Waals surface area (Å²) in [7, 11) is 0. The average Bonchev–Trinajstić information content (AvgIpc) is 2.88. The molecule has 1 aromatic heterocycles. The number of carbonyl (C=O) groups is 2. The molecule has 1 saturated heterocycles. The van der Waals surface area contributed by atoms with Crippen molar-refractivity contribution >= 4 is 11.9 Å². The van der Waals surface area contributed by atoms with Gasteiger partial charge in [0.25, 0.3) is 0 Å². The van der Waals surface area contributed by atoms with Gasteiger partial charge in [-0.1, -0.05) is 11.8 Å². The first-order valence-electron chi connectivity index (χ1n) is 5.68. The Morgan fingerprint density at radius 2 is 2.33 bits per heavy atom. The minimum Gasteiger partial charge on any atom is -0.476 e. The number of hydrogen-bond donors (Lipinski definition) is 1. The van der Waals surface area contributed by atoms with Crippen molar-refractivity contribution in [1.82, 2.24) is 19.9 Å². The van der Waals surface area contributed by atoms with Crippen LogP contribution in [0.1, 0.15) is 29.4 Å². The first kappa shape index (κ1) is 12.3. The summed E-state index contributed by atoms with van der Waals surface area (Å²) in [6, 6.07) is -0.0248. The smallest absolute Gasteiger partial charge is 0.358 e. The SMILES string of the molecule is C=CC(=O)N1CCCC(n2cc(C(=O)O)nn2)C1. The van der Waals surface area contributed by atoms with Gasteiger partial charge in [0, 0.05) is 13.1 Å². The number of carbonyl (C=O) groups excluding carboxylic acids is 1. The lowest BCUT2D eigenvalue weighted by Crippen LogP contribution is -2.40. The summed E-state index contributed by atoms with van der Waals surface area (Å²) in [5.74, 6) is -1.21. The molecule has 0 radical (unpaired) electrons. The summed E-state index contributed by atoms with van der Waals surface area (Å²) in [5.41, 5.74) is -0.0813. The number of carboxylic acids is 1. The highest BCUT2D eigenvalue weighted by molar-refractivity contribution is 5.87. The molecule has 7 nitrogen and oxygen atoms in total. The number of hydrogen-bond acceptors (Lipinski definition) is 4. The third kappa shape index (κ3) is 2.39. The van der Waals surface area contributed by atoms with Crippen LogP contribution in [0.3, 0.4) is 0 Å². The van der Waals surface area contributed by atoms with E-state index in [0.717, 1.165) is 12.8 Å². The van der Waals surface area contributed by atoms with Crippen LogP contribution >= 0.6 is 0 Å². The van der Waals surface area contributed by atoms with Crippen LogP contribution < -0.4 is 0 Å². The molecule has 1 aliphatic heterocycles. The molecular weight excluding hydrogens is 236 g/mol. The zero-order valence-electron chi connectivity index (χ0n) is 9.82. The lowest BCUT2D eigenvalue weighted by Gasteiger charge is -2.31. The lowest BCUT2D eigenvalue weighted by molar-refractivity contribution is -0.127. The van der Waals surface area contributed by atoms with Crippen molar-refractivity contribution in [3.63, 3.8) is 0 Å². The molecule has 1 unspecified atom stereocenters. The zero-order chi connectivity index (χ0) is 13.1. The Morgan fingerprint density at radius 3 is 2.94 bits per heavy atom. The van der Waals surface area contributed by atoms with Gasteiger partial charge in [0.05, 0.1) is 12.2 Å². The summed E-state index contributed by atoms with van der Waals surface area (Å²) >= 11 is 0. The molecule has 0 spiro atoms. The molecule has 0 bridgehead atoms. The molecule has 1 N–H and O–H groups in total. The van der Waals surface area contributed by atoms with Crippen LogP contribution in [0.15, 0.2) is 18.9 Å². The Hall–Kier alpha value is -2.18. The second-order valence-corrected chi connectivity index (χ2v) is 4.17. The Kier molecular flexibility index (Phi) is 3.40. The fourth-order valence-corrected chi connectivity index (χ4v) is 2.05. The number of piperidine rings is 1. The van der Waals surface area contributed by atoms with Gasteiger partial charge in [-0.2, -0.15) is 0 Å². The van der Waals surface area contributed by atoms with Crippen LogP contribution in [0.5, 0.6) is 0 Å². The van der Waals surface area contributed by atoms with E-state index in [1.54, 1.807) is 4.90 Å². The fraction of sp³-hybridized carbons (Fsp3) is 0.455. The molecule has 7 heteroatoms. The van der Waals surface area contributed by atoms with E-state index in [0.29, 0.717) is 13.1 Å². The lowest BCUT2D eigenvalue weighted by atomic mass is 10.1. The van der Waals surface area contributed by atoms with Crippen LogP contribution in [0, 0.1) is 0 Å². The fourth-order valence-electron chi connectivity index (χ4n) is 2.05. The van der Waals surface area contributed by atoms with Crippen molar-refractivity contribution in [2.75, 3.05) is 13.1 Å². The van der Waals surface area contributed by atoms with Gasteiger partial charge in [-0.15, -0.1) is 5.10 Å². The molecule has 0 saturated carbocycles. The van der Waals surface area contributed by atoms with Crippen LogP contribution in [-0.2, 0) is 4.79 Å². The highest BCUT2D eigenvalue weighted by Crippen LogP contribution is 2.20. The minimum absolute atomic E-state index is 0.0248. The van der Waals surface area contributed by atoms with Crippen LogP contribution in [0.2, 0.25) is 0 Å². The number of likely N-dealkylation sites (tertiary alicyclic amines) is 1. The van der Waals surface area contributed by atoms with E-state index in [-0.39, 0.29) is 17.6 Å². The molecule has 2 heterocycles. The molecule has 96 valence electrons. The number of aromatic nitrogens is 3. The third-order valence-corrected chi connectivity index (χ3v) is 2.99. The van der Waals surface area contributed by atoms with Crippen molar-refractivity contribution in [1.29, 1.82) is 0 Å². The summed E-state index contributed by atoms with van der Waals surface area (Å²) in [4.78, 5) is 23.9. The Bertz CT molecular complexity index is 482. The third-order valence-electron chi connectivity index (χ3n) is 2.99. The largest absolute Gasteiger partial charge is 0.476 e. The van der Waals surface area contributed by atoms with Crippen molar-refractivity contribution in [2.24, 2.45) is 0 Å². The molecule has 1 aliphatic rings. The van der Waals surface area contributed by atoms with Gasteiger partial charge in [-0.05, 0) is 18.9 Å². The van der Waals surface area contributed by atoms with Crippen molar-refractivity contribution < 1.29 is 14.7 Å². The van der Waals surface area contributed by atoms with Gasteiger partial charge in [-0.25, -0.2) is 9.48 Å². The second kappa shape index (κ2) is 4.99. The molecular formula is C11H14N4O3. The second-order valence-electron chi connectivity index (χ2n) is 4.17. The molecule has 18 heavy (non-hydrogen) atoms. The molecule has 1 aromatic rings. The van der Waals surface area contributed by atoms with Gasteiger partial charge in [0.2, 0.25) is 5.91 Å². The number of aromatic carboxylic acids is 1. The molecule has 0 aliphatic carbocycles. The summed E-state index contributed by atoms with van der Waals surface area (Å²) in [6.07, 6.45) is 4.39. The van der Waals surface area contributed by atoms with E-state index >= 15 is 0 Å². The van der Waals surface area contributed by atoms with E-state index in [9.17, 15) is 9.59 Å². The number of amides is 1. The maximum Gasteiger partial charge on any atom is 0.358 e. The Labute approximate surface area is 104 Å². The van der Waals surface area contributed by atoms with Crippen LogP contribution in [0.25, 0.3) is 0 Å². The van der Waals surface area contributed by atoms with Gasteiger partial charge in [0.1, 0.15) is 0 Å². The Morgan fingerprint density at radius 1 is 1.56 bits per heavy atom. The van der Waals surface area contributed by atoms with E-state index in [2.05, 4.69) is 16.9 Å². The Balaban J connectivity index is 2.10. The zero-order valence-corrected chi connectivity index (χ0v) is 9.82. The number of carboxylic acid groups (broad SMARTS) is 1. The van der Waals surface area contributed by atoms with Gasteiger partial charge >= 0.3 is 5.97 Å². The monoisotopic (exact) mass is 250 g/mol. The number of nitrogens with zero attached hydrogens (tertiary/aromatic N) is 4. The molecule has 1 amide bonds. The standard InChI is InChI=1S/C11H14N4O3/c1-2-10(16)14-5-3-4-8(6-14)15-7-9(11(17)18)12-13-15/h2,7-8H,1,3-6H2,(H,17,18). The van der Waals surface area contributed by atoms with Gasteiger partial charge < -0.3 is 10.0 Å². The van der Waals surface area contributed by atoms with Gasteiger partial charge in [0.15, 0.2) is 5.69 Å². The van der Waals surface area contributed by atoms with Crippen molar-refractivity contribution in [3.05, 3.63) is 24.5 Å². The first-order chi connectivity index (χ1) is 8.61. The number of rotatable bonds is 3. The van der Waals surface area contributed by atoms with E-state index in [1.807, 2.05) is 0 Å². The summed E-state index contributed by atoms with van der Waals surface area (Å²) in [5, 5.41) is 16.2. The maximum atomic E-state index is 11.5. The maximum absolute atomic E-state index is 11.5. The quantitative estimate of drug-likeness (QED) is 0.781. The first-order valence-corrected chi connectivity index (χ1v) is 5.68. The predicted octanol–water partition coefficient (Wildman–Crippen LogP) is 0.326.